The van der Waals surface area contributed by atoms with Crippen LogP contribution in [0.1, 0.15) is 0 Å². The van der Waals surface area contributed by atoms with Crippen LogP contribution in [0.5, 0.6) is 0 Å². The number of hydrogen-bond acceptors (Lipinski definition) is 0. The summed E-state index contributed by atoms with van der Waals surface area (Å²) < 4.78 is 0. The van der Waals surface area contributed by atoms with E-state index in [0.717, 1.165) is 0 Å². The summed E-state index contributed by atoms with van der Waals surface area (Å²) in [6.45, 7) is 0. The second kappa shape index (κ2) is 15.2. The SMILES string of the molecule is c1cc(-c2ccc(-c3cccc(-c4ccc5ccc6c(-c7ccc8ccccc8c7)ccc7ccc4c5c76)c3)cc2)cc(-c2ccc3ccc4c(-c5ccc6ccccc6c5)ccc5ccc2c3c54)c1. The smallest absolute Gasteiger partial charge is 0.00203 e. The molecule has 0 saturated heterocycles. The Kier molecular flexibility index (Phi) is 8.46. The van der Waals surface area contributed by atoms with E-state index in [9.17, 15) is 0 Å². The molecular weight excluding hydrogens is 841 g/mol. The third kappa shape index (κ3) is 6.03. The van der Waals surface area contributed by atoms with Crippen molar-refractivity contribution < 1.29 is 0 Å². The highest BCUT2D eigenvalue weighted by molar-refractivity contribution is 6.29. The monoisotopic (exact) mass is 882 g/mol. The first-order valence-electron chi connectivity index (χ1n) is 24.4. The summed E-state index contributed by atoms with van der Waals surface area (Å²) in [5.41, 5.74) is 14.8. The lowest BCUT2D eigenvalue weighted by atomic mass is 9.86. The van der Waals surface area contributed by atoms with Gasteiger partial charge in [-0.1, -0.05) is 231 Å². The van der Waals surface area contributed by atoms with E-state index in [1.807, 2.05) is 0 Å². The maximum Gasteiger partial charge on any atom is -0.00203 e. The molecule has 0 unspecified atom stereocenters. The molecule has 0 heteroatoms. The molecule has 70 heavy (non-hydrogen) atoms. The molecule has 0 aliphatic rings. The van der Waals surface area contributed by atoms with E-state index in [2.05, 4.69) is 255 Å². The standard InChI is InChI=1S/C70H42/c1-3-9-51-41-57(21-19-43(51)7-1)61-33-25-49-27-35-63-59(31-23-47-29-37-65(61)69(49)67(47)63)55-13-5-11-53(39-55)45-15-17-46(18-16-45)54-12-6-14-56(40-54)60-32-24-48-30-38-66-62(34-26-50-28-36-64(60)68(48)70(50)66)58-22-20-44-8-2-4-10-52(44)42-58/h1-42H. The van der Waals surface area contributed by atoms with Crippen LogP contribution in [0.15, 0.2) is 255 Å². The van der Waals surface area contributed by atoms with Gasteiger partial charge < -0.3 is 0 Å². The van der Waals surface area contributed by atoms with Crippen LogP contribution < -0.4 is 0 Å². The van der Waals surface area contributed by atoms with Gasteiger partial charge in [0.2, 0.25) is 0 Å². The van der Waals surface area contributed by atoms with E-state index < -0.39 is 0 Å². The average Bonchev–Trinajstić information content (AvgIpc) is 3.43. The zero-order valence-corrected chi connectivity index (χ0v) is 38.2. The summed E-state index contributed by atoms with van der Waals surface area (Å²) in [6, 6.07) is 95.2. The van der Waals surface area contributed by atoms with Crippen LogP contribution in [-0.2, 0) is 0 Å². The van der Waals surface area contributed by atoms with E-state index >= 15 is 0 Å². The average molecular weight is 883 g/mol. The second-order valence-corrected chi connectivity index (χ2v) is 19.2. The Bertz CT molecular complexity index is 4280. The van der Waals surface area contributed by atoms with Crippen LogP contribution in [-0.4, -0.2) is 0 Å². The van der Waals surface area contributed by atoms with Gasteiger partial charge in [0.15, 0.2) is 0 Å². The molecule has 0 N–H and O–H groups in total. The lowest BCUT2D eigenvalue weighted by Crippen LogP contribution is -1.90. The normalized spacial score (nSPS) is 12.0. The molecule has 0 spiro atoms. The molecule has 15 rings (SSSR count). The highest BCUT2D eigenvalue weighted by Crippen LogP contribution is 2.45. The Hall–Kier alpha value is -9.10. The summed E-state index contributed by atoms with van der Waals surface area (Å²) in [5.74, 6) is 0. The van der Waals surface area contributed by atoms with E-state index in [1.165, 1.54) is 153 Å². The summed E-state index contributed by atoms with van der Waals surface area (Å²) >= 11 is 0. The van der Waals surface area contributed by atoms with Gasteiger partial charge in [-0.05, 0) is 177 Å². The predicted octanol–water partition coefficient (Wildman–Crippen LogP) is 19.8. The molecule has 0 aromatic heterocycles. The van der Waals surface area contributed by atoms with Gasteiger partial charge >= 0.3 is 0 Å². The fourth-order valence-corrected chi connectivity index (χ4v) is 11.9. The van der Waals surface area contributed by atoms with Crippen molar-refractivity contribution in [1.82, 2.24) is 0 Å². The molecule has 0 bridgehead atoms. The molecule has 0 radical (unpaired) electrons. The second-order valence-electron chi connectivity index (χ2n) is 19.2. The first kappa shape index (κ1) is 38.9. The van der Waals surface area contributed by atoms with Gasteiger partial charge in [0.1, 0.15) is 0 Å². The van der Waals surface area contributed by atoms with E-state index in [1.54, 1.807) is 0 Å². The van der Waals surface area contributed by atoms with Gasteiger partial charge in [0.25, 0.3) is 0 Å². The minimum Gasteiger partial charge on any atom is -0.0616 e. The van der Waals surface area contributed by atoms with Crippen molar-refractivity contribution in [3.63, 3.8) is 0 Å². The summed E-state index contributed by atoms with van der Waals surface area (Å²) in [7, 11) is 0. The van der Waals surface area contributed by atoms with Crippen LogP contribution >= 0.6 is 0 Å². The Balaban J connectivity index is 0.767. The van der Waals surface area contributed by atoms with Crippen molar-refractivity contribution in [2.24, 2.45) is 0 Å². The zero-order chi connectivity index (χ0) is 45.9. The van der Waals surface area contributed by atoms with Crippen molar-refractivity contribution in [3.8, 4) is 66.8 Å². The molecule has 0 nitrogen and oxygen atoms in total. The Morgan fingerprint density at radius 2 is 0.414 bits per heavy atom. The molecule has 15 aromatic rings. The van der Waals surface area contributed by atoms with Crippen LogP contribution in [0.3, 0.4) is 0 Å². The third-order valence-electron chi connectivity index (χ3n) is 15.3. The van der Waals surface area contributed by atoms with Crippen LogP contribution in [0.2, 0.25) is 0 Å². The van der Waals surface area contributed by atoms with Gasteiger partial charge in [-0.25, -0.2) is 0 Å². The highest BCUT2D eigenvalue weighted by atomic mass is 14.2. The molecule has 322 valence electrons. The maximum atomic E-state index is 2.36. The summed E-state index contributed by atoms with van der Waals surface area (Å²) in [5, 5.41) is 20.7. The molecular formula is C70H42. The summed E-state index contributed by atoms with van der Waals surface area (Å²) in [6.07, 6.45) is 0. The zero-order valence-electron chi connectivity index (χ0n) is 38.2. The molecule has 15 aromatic carbocycles. The molecule has 0 aliphatic carbocycles. The quantitative estimate of drug-likeness (QED) is 0.146. The molecule has 0 saturated carbocycles. The molecule has 0 atom stereocenters. The Labute approximate surface area is 405 Å². The Morgan fingerprint density at radius 3 is 0.771 bits per heavy atom. The van der Waals surface area contributed by atoms with Gasteiger partial charge in [-0.2, -0.15) is 0 Å². The molecule has 0 heterocycles. The molecule has 0 amide bonds. The largest absolute Gasteiger partial charge is 0.0616 e. The minimum absolute atomic E-state index is 1.20. The van der Waals surface area contributed by atoms with Crippen molar-refractivity contribution >= 4 is 86.2 Å². The number of hydrogen-bond donors (Lipinski definition) is 0. The van der Waals surface area contributed by atoms with Gasteiger partial charge in [-0.15, -0.1) is 0 Å². The lowest BCUT2D eigenvalue weighted by molar-refractivity contribution is 1.58. The summed E-state index contributed by atoms with van der Waals surface area (Å²) in [4.78, 5) is 0. The first-order valence-corrected chi connectivity index (χ1v) is 24.4. The van der Waals surface area contributed by atoms with Gasteiger partial charge in [0.05, 0.1) is 0 Å². The fraction of sp³-hybridized carbons (Fsp3) is 0. The van der Waals surface area contributed by atoms with E-state index in [-0.39, 0.29) is 0 Å². The van der Waals surface area contributed by atoms with Crippen molar-refractivity contribution in [2.75, 3.05) is 0 Å². The molecule has 0 aliphatic heterocycles. The number of rotatable bonds is 6. The topological polar surface area (TPSA) is 0 Å². The fourth-order valence-electron chi connectivity index (χ4n) is 11.9. The van der Waals surface area contributed by atoms with Crippen molar-refractivity contribution in [2.45, 2.75) is 0 Å². The van der Waals surface area contributed by atoms with E-state index in [4.69, 9.17) is 0 Å². The third-order valence-corrected chi connectivity index (χ3v) is 15.3. The Morgan fingerprint density at radius 1 is 0.143 bits per heavy atom. The maximum absolute atomic E-state index is 2.36. The number of benzene rings is 15. The van der Waals surface area contributed by atoms with Gasteiger partial charge in [0, 0.05) is 0 Å². The van der Waals surface area contributed by atoms with Gasteiger partial charge in [-0.3, -0.25) is 0 Å². The highest BCUT2D eigenvalue weighted by Gasteiger charge is 2.18. The predicted molar refractivity (Wildman–Crippen MR) is 301 cm³/mol. The minimum atomic E-state index is 1.20. The van der Waals surface area contributed by atoms with Crippen LogP contribution in [0.25, 0.3) is 153 Å². The lowest BCUT2D eigenvalue weighted by Gasteiger charge is -2.17. The number of fused-ring (bicyclic) bond motifs is 2. The van der Waals surface area contributed by atoms with Crippen LogP contribution in [0.4, 0.5) is 0 Å². The van der Waals surface area contributed by atoms with Crippen LogP contribution in [0, 0.1) is 0 Å². The molecule has 0 fully saturated rings. The van der Waals surface area contributed by atoms with Crippen molar-refractivity contribution in [1.29, 1.82) is 0 Å². The van der Waals surface area contributed by atoms with E-state index in [0.29, 0.717) is 0 Å². The first-order chi connectivity index (χ1) is 34.7. The van der Waals surface area contributed by atoms with Crippen molar-refractivity contribution in [3.05, 3.63) is 255 Å².